The number of fused-ring (bicyclic) bond motifs is 1. The number of hydrogen-bond acceptors (Lipinski definition) is 10. The smallest absolute Gasteiger partial charge is 0.410 e. The molecule has 3 aromatic rings. The summed E-state index contributed by atoms with van der Waals surface area (Å²) in [4.78, 5) is 61.5. The summed E-state index contributed by atoms with van der Waals surface area (Å²) in [7, 11) is 1.59. The minimum Gasteiger partial charge on any atom is -0.496 e. The monoisotopic (exact) mass is 693 g/mol. The molecule has 0 atom stereocenters. The van der Waals surface area contributed by atoms with Crippen molar-refractivity contribution in [3.63, 3.8) is 0 Å². The number of pyridine rings is 1. The number of piperazine rings is 1. The molecule has 3 aromatic heterocycles. The number of halogens is 1. The van der Waals surface area contributed by atoms with Crippen LogP contribution in [0.5, 0.6) is 5.75 Å². The van der Waals surface area contributed by atoms with Crippen LogP contribution in [0.2, 0.25) is 5.15 Å². The van der Waals surface area contributed by atoms with Gasteiger partial charge in [-0.1, -0.05) is 11.6 Å². The largest absolute Gasteiger partial charge is 0.496 e. The number of carbonyl (C=O) groups is 3. The quantitative estimate of drug-likeness (QED) is 0.231. The van der Waals surface area contributed by atoms with E-state index < -0.39 is 5.60 Å². The van der Waals surface area contributed by atoms with Gasteiger partial charge in [0.1, 0.15) is 16.5 Å². The highest BCUT2D eigenvalue weighted by molar-refractivity contribution is 6.41. The lowest BCUT2D eigenvalue weighted by Gasteiger charge is -2.35. The number of ether oxygens (including phenoxy) is 2. The van der Waals surface area contributed by atoms with E-state index in [-0.39, 0.29) is 46.9 Å². The van der Waals surface area contributed by atoms with E-state index in [0.717, 1.165) is 11.1 Å². The summed E-state index contributed by atoms with van der Waals surface area (Å²) in [6, 6.07) is 0. The van der Waals surface area contributed by atoms with Gasteiger partial charge in [-0.15, -0.1) is 0 Å². The molecule has 0 saturated carbocycles. The van der Waals surface area contributed by atoms with Crippen molar-refractivity contribution in [2.45, 2.75) is 60.6 Å². The zero-order valence-electron chi connectivity index (χ0n) is 29.3. The topological polar surface area (TPSA) is 172 Å². The number of nitrogens with two attached hydrogens (primary N) is 1. The molecule has 0 aliphatic carbocycles. The Hall–Kier alpha value is -4.69. The molecule has 262 valence electrons. The Bertz CT molecular complexity index is 1820. The second kappa shape index (κ2) is 14.0. The van der Waals surface area contributed by atoms with E-state index in [1.807, 2.05) is 48.5 Å². The third-order valence-corrected chi connectivity index (χ3v) is 8.92. The van der Waals surface area contributed by atoms with Crippen molar-refractivity contribution in [3.05, 3.63) is 56.2 Å². The number of H-pyrrole nitrogens is 1. The zero-order valence-corrected chi connectivity index (χ0v) is 30.0. The molecule has 0 unspecified atom stereocenters. The molecule has 0 aromatic carbocycles. The van der Waals surface area contributed by atoms with E-state index in [1.165, 1.54) is 4.90 Å². The molecule has 4 N–H and O–H groups in total. The first-order valence-corrected chi connectivity index (χ1v) is 16.5. The Balaban J connectivity index is 1.30. The summed E-state index contributed by atoms with van der Waals surface area (Å²) >= 11 is 6.58. The molecule has 5 heterocycles. The predicted molar refractivity (Wildman–Crippen MR) is 188 cm³/mol. The van der Waals surface area contributed by atoms with Crippen molar-refractivity contribution in [1.29, 1.82) is 0 Å². The molecule has 1 saturated heterocycles. The van der Waals surface area contributed by atoms with Crippen LogP contribution in [0.15, 0.2) is 6.20 Å². The highest BCUT2D eigenvalue weighted by Crippen LogP contribution is 2.42. The summed E-state index contributed by atoms with van der Waals surface area (Å²) < 4.78 is 11.0. The number of carbonyl (C=O) groups excluding carboxylic acids is 3. The number of nitrogen functional groups attached to an aromatic ring is 1. The Morgan fingerprint density at radius 2 is 1.80 bits per heavy atom. The maximum Gasteiger partial charge on any atom is 0.410 e. The van der Waals surface area contributed by atoms with Crippen molar-refractivity contribution in [2.75, 3.05) is 57.0 Å². The van der Waals surface area contributed by atoms with Crippen LogP contribution in [0.25, 0.3) is 11.6 Å². The SMILES string of the molecule is COc1c(C)cnc(CN2C(=O)/C(=C\c3[nH]c(C)c(C(=O)NCCN4CCN(C(=O)OC(C)(C)C)CC4)c3C)c3c(Cl)nc(N)nc32)c1C. The van der Waals surface area contributed by atoms with Crippen LogP contribution in [0.3, 0.4) is 0 Å². The fourth-order valence-electron chi connectivity index (χ4n) is 6.17. The molecule has 0 bridgehead atoms. The average Bonchev–Trinajstić information content (AvgIpc) is 3.45. The number of aromatic nitrogens is 4. The molecule has 2 aliphatic rings. The van der Waals surface area contributed by atoms with Gasteiger partial charge in [-0.05, 0) is 60.1 Å². The first kappa shape index (κ1) is 35.6. The summed E-state index contributed by atoms with van der Waals surface area (Å²) in [6.07, 6.45) is 3.06. The lowest BCUT2D eigenvalue weighted by atomic mass is 10.1. The van der Waals surface area contributed by atoms with Crippen LogP contribution in [-0.2, 0) is 16.1 Å². The number of nitrogens with one attached hydrogen (secondary N) is 2. The molecule has 2 aliphatic heterocycles. The predicted octanol–water partition coefficient (Wildman–Crippen LogP) is 4.05. The van der Waals surface area contributed by atoms with E-state index in [0.29, 0.717) is 78.8 Å². The second-order valence-electron chi connectivity index (χ2n) is 13.3. The lowest BCUT2D eigenvalue weighted by Crippen LogP contribution is -2.51. The van der Waals surface area contributed by atoms with Crippen LogP contribution in [-0.4, -0.2) is 99.6 Å². The van der Waals surface area contributed by atoms with Crippen molar-refractivity contribution in [2.24, 2.45) is 0 Å². The molecule has 3 amide bonds. The van der Waals surface area contributed by atoms with E-state index in [2.05, 4.69) is 30.2 Å². The number of aromatic amines is 1. The summed E-state index contributed by atoms with van der Waals surface area (Å²) in [5, 5.41) is 3.06. The molecule has 49 heavy (non-hydrogen) atoms. The molecule has 14 nitrogen and oxygen atoms in total. The minimum atomic E-state index is -0.537. The second-order valence-corrected chi connectivity index (χ2v) is 13.7. The summed E-state index contributed by atoms with van der Waals surface area (Å²) in [6.45, 7) is 16.6. The fraction of sp³-hybridized carbons (Fsp3) is 0.471. The van der Waals surface area contributed by atoms with Crippen molar-refractivity contribution in [3.8, 4) is 5.75 Å². The highest BCUT2D eigenvalue weighted by atomic mass is 35.5. The maximum atomic E-state index is 14.0. The van der Waals surface area contributed by atoms with Crippen molar-refractivity contribution < 1.29 is 23.9 Å². The number of aryl methyl sites for hydroxylation is 2. The number of methoxy groups -OCH3 is 1. The van der Waals surface area contributed by atoms with Crippen LogP contribution >= 0.6 is 11.6 Å². The van der Waals surface area contributed by atoms with Gasteiger partial charge in [0.15, 0.2) is 5.82 Å². The van der Waals surface area contributed by atoms with Gasteiger partial charge in [0.05, 0.1) is 36.0 Å². The van der Waals surface area contributed by atoms with E-state index in [9.17, 15) is 14.4 Å². The summed E-state index contributed by atoms with van der Waals surface area (Å²) in [5.74, 6) is 0.316. The van der Waals surface area contributed by atoms with Crippen molar-refractivity contribution >= 4 is 52.9 Å². The highest BCUT2D eigenvalue weighted by Gasteiger charge is 2.38. The Labute approximate surface area is 291 Å². The van der Waals surface area contributed by atoms with Gasteiger partial charge in [0.2, 0.25) is 5.95 Å². The standard InChI is InChI=1S/C34H44ClN9O5/c1-18-16-38-24(20(3)27(18)48-8)17-44-29-26(28(35)40-32(36)41-29)22(31(44)46)15-23-19(2)25(21(4)39-23)30(45)37-9-10-42-11-13-43(14-12-42)33(47)49-34(5,6)7/h15-16,39H,9-14,17H2,1-8H3,(H,37,45)(H2,36,40,41)/b22-15-. The molecule has 0 radical (unpaired) electrons. The molecule has 0 spiro atoms. The third kappa shape index (κ3) is 7.49. The molecular formula is C34H44ClN9O5. The van der Waals surface area contributed by atoms with Gasteiger partial charge in [-0.25, -0.2) is 9.78 Å². The average molecular weight is 694 g/mol. The minimum absolute atomic E-state index is 0.0431. The van der Waals surface area contributed by atoms with E-state index >= 15 is 0 Å². The number of nitrogens with zero attached hydrogens (tertiary/aromatic N) is 6. The van der Waals surface area contributed by atoms with Crippen molar-refractivity contribution in [1.82, 2.24) is 35.1 Å². The Kier molecular flexibility index (Phi) is 10.2. The zero-order chi connectivity index (χ0) is 35.8. The Morgan fingerprint density at radius 1 is 1.10 bits per heavy atom. The van der Waals surface area contributed by atoms with Gasteiger partial charge in [-0.3, -0.25) is 24.4 Å². The number of amides is 3. The Morgan fingerprint density at radius 3 is 2.45 bits per heavy atom. The maximum absolute atomic E-state index is 14.0. The van der Waals surface area contributed by atoms with Crippen LogP contribution in [0, 0.1) is 27.7 Å². The first-order valence-electron chi connectivity index (χ1n) is 16.1. The van der Waals surface area contributed by atoms with E-state index in [4.69, 9.17) is 26.8 Å². The lowest BCUT2D eigenvalue weighted by molar-refractivity contribution is -0.113. The molecule has 5 rings (SSSR count). The molecular weight excluding hydrogens is 650 g/mol. The fourth-order valence-corrected chi connectivity index (χ4v) is 6.45. The number of hydrogen-bond donors (Lipinski definition) is 3. The van der Waals surface area contributed by atoms with Gasteiger partial charge < -0.3 is 30.4 Å². The number of rotatable bonds is 8. The van der Waals surface area contributed by atoms with Crippen LogP contribution < -0.4 is 20.7 Å². The van der Waals surface area contributed by atoms with Gasteiger partial charge in [0.25, 0.3) is 11.8 Å². The first-order chi connectivity index (χ1) is 23.1. The summed E-state index contributed by atoms with van der Waals surface area (Å²) in [5.41, 5.74) is 10.7. The molecule has 15 heteroatoms. The van der Waals surface area contributed by atoms with Crippen LogP contribution in [0.4, 0.5) is 16.6 Å². The third-order valence-electron chi connectivity index (χ3n) is 8.65. The van der Waals surface area contributed by atoms with Crippen LogP contribution in [0.1, 0.15) is 70.5 Å². The van der Waals surface area contributed by atoms with Gasteiger partial charge >= 0.3 is 6.09 Å². The number of anilines is 2. The molecule has 1 fully saturated rings. The van der Waals surface area contributed by atoms with Gasteiger partial charge in [0, 0.05) is 68.0 Å². The normalized spacial score (nSPS) is 15.9. The van der Waals surface area contributed by atoms with Gasteiger partial charge in [-0.2, -0.15) is 4.98 Å². The van der Waals surface area contributed by atoms with E-state index in [1.54, 1.807) is 24.3 Å².